The van der Waals surface area contributed by atoms with Crippen molar-refractivity contribution >= 4 is 5.97 Å². The average molecular weight is 141 g/mol. The van der Waals surface area contributed by atoms with Crippen molar-refractivity contribution < 1.29 is 9.90 Å². The van der Waals surface area contributed by atoms with Crippen LogP contribution >= 0.6 is 0 Å². The SMILES string of the molecule is NC1CC2(C(=O)O)CC1C2. The summed E-state index contributed by atoms with van der Waals surface area (Å²) in [6.07, 6.45) is 2.35. The lowest BCUT2D eigenvalue weighted by Crippen LogP contribution is -2.36. The van der Waals surface area contributed by atoms with Crippen LogP contribution in [-0.4, -0.2) is 17.1 Å². The first-order chi connectivity index (χ1) is 4.64. The van der Waals surface area contributed by atoms with Gasteiger partial charge in [0.1, 0.15) is 0 Å². The highest BCUT2D eigenvalue weighted by Gasteiger charge is 2.59. The summed E-state index contributed by atoms with van der Waals surface area (Å²) in [5, 5.41) is 8.77. The molecule has 3 nitrogen and oxygen atoms in total. The van der Waals surface area contributed by atoms with Crippen LogP contribution in [-0.2, 0) is 4.79 Å². The number of hydrogen-bond donors (Lipinski definition) is 2. The Morgan fingerprint density at radius 2 is 2.10 bits per heavy atom. The first-order valence-electron chi connectivity index (χ1n) is 3.63. The van der Waals surface area contributed by atoms with E-state index < -0.39 is 11.4 Å². The van der Waals surface area contributed by atoms with E-state index in [9.17, 15) is 4.79 Å². The number of rotatable bonds is 1. The summed E-state index contributed by atoms with van der Waals surface area (Å²) in [6.45, 7) is 0. The van der Waals surface area contributed by atoms with Gasteiger partial charge in [-0.2, -0.15) is 0 Å². The van der Waals surface area contributed by atoms with Gasteiger partial charge in [-0.3, -0.25) is 4.79 Å². The molecule has 0 amide bonds. The summed E-state index contributed by atoms with van der Waals surface area (Å²) in [4.78, 5) is 10.7. The summed E-state index contributed by atoms with van der Waals surface area (Å²) in [5.74, 6) is -0.132. The minimum Gasteiger partial charge on any atom is -0.481 e. The van der Waals surface area contributed by atoms with Crippen molar-refractivity contribution in [2.75, 3.05) is 0 Å². The predicted octanol–water partition coefficient (Wildman–Crippen LogP) is 0.198. The number of aliphatic carboxylic acids is 1. The topological polar surface area (TPSA) is 63.3 Å². The maximum absolute atomic E-state index is 10.7. The number of fused-ring (bicyclic) bond motifs is 1. The summed E-state index contributed by atoms with van der Waals surface area (Å²) in [5.41, 5.74) is 5.28. The third-order valence-electron chi connectivity index (χ3n) is 2.99. The zero-order chi connectivity index (χ0) is 7.35. The number of carbonyl (C=O) groups is 1. The van der Waals surface area contributed by atoms with Gasteiger partial charge in [0.25, 0.3) is 0 Å². The van der Waals surface area contributed by atoms with E-state index in [4.69, 9.17) is 10.8 Å². The van der Waals surface area contributed by atoms with Gasteiger partial charge < -0.3 is 10.8 Å². The fraction of sp³-hybridized carbons (Fsp3) is 0.857. The summed E-state index contributed by atoms with van der Waals surface area (Å²) in [7, 11) is 0. The standard InChI is InChI=1S/C7H11NO2/c8-5-3-7(6(9)10)1-4(5)2-7/h4-5H,1-3,8H2,(H,9,10). The average Bonchev–Trinajstić information content (AvgIpc) is 2.16. The molecule has 1 atom stereocenters. The second kappa shape index (κ2) is 1.53. The lowest BCUT2D eigenvalue weighted by Gasteiger charge is -2.33. The summed E-state index contributed by atoms with van der Waals surface area (Å²) >= 11 is 0. The molecule has 3 aliphatic carbocycles. The molecule has 3 aliphatic rings. The van der Waals surface area contributed by atoms with E-state index in [1.165, 1.54) is 0 Å². The van der Waals surface area contributed by atoms with Gasteiger partial charge >= 0.3 is 5.97 Å². The lowest BCUT2D eigenvalue weighted by molar-refractivity contribution is -0.153. The molecular weight excluding hydrogens is 130 g/mol. The highest BCUT2D eigenvalue weighted by molar-refractivity contribution is 5.77. The fourth-order valence-electron chi connectivity index (χ4n) is 2.29. The molecule has 3 heteroatoms. The molecule has 56 valence electrons. The molecule has 10 heavy (non-hydrogen) atoms. The Kier molecular flexibility index (Phi) is 0.944. The second-order valence-corrected chi connectivity index (χ2v) is 3.62. The van der Waals surface area contributed by atoms with Crippen LogP contribution in [0.5, 0.6) is 0 Å². The van der Waals surface area contributed by atoms with E-state index in [0.29, 0.717) is 12.3 Å². The van der Waals surface area contributed by atoms with Gasteiger partial charge in [0.2, 0.25) is 0 Å². The Labute approximate surface area is 59.2 Å². The summed E-state index contributed by atoms with van der Waals surface area (Å²) < 4.78 is 0. The van der Waals surface area contributed by atoms with Crippen LogP contribution in [0.3, 0.4) is 0 Å². The fourth-order valence-corrected chi connectivity index (χ4v) is 2.29. The number of hydrogen-bond acceptors (Lipinski definition) is 2. The number of carboxylic acid groups (broad SMARTS) is 1. The maximum Gasteiger partial charge on any atom is 0.309 e. The molecule has 0 saturated heterocycles. The van der Waals surface area contributed by atoms with E-state index >= 15 is 0 Å². The largest absolute Gasteiger partial charge is 0.481 e. The van der Waals surface area contributed by atoms with Gasteiger partial charge in [0.05, 0.1) is 5.41 Å². The molecular formula is C7H11NO2. The minimum absolute atomic E-state index is 0.163. The van der Waals surface area contributed by atoms with Gasteiger partial charge in [0, 0.05) is 6.04 Å². The molecule has 0 heterocycles. The zero-order valence-electron chi connectivity index (χ0n) is 5.71. The quantitative estimate of drug-likeness (QED) is 0.548. The van der Waals surface area contributed by atoms with Crippen LogP contribution in [0.15, 0.2) is 0 Å². The first-order valence-corrected chi connectivity index (χ1v) is 3.63. The van der Waals surface area contributed by atoms with Crippen molar-refractivity contribution in [2.45, 2.75) is 25.3 Å². The van der Waals surface area contributed by atoms with Gasteiger partial charge in [-0.1, -0.05) is 0 Å². The van der Waals surface area contributed by atoms with Crippen molar-refractivity contribution in [2.24, 2.45) is 17.1 Å². The van der Waals surface area contributed by atoms with Crippen LogP contribution in [0.1, 0.15) is 19.3 Å². The molecule has 0 aromatic carbocycles. The number of carboxylic acids is 1. The molecule has 3 fully saturated rings. The summed E-state index contributed by atoms with van der Waals surface area (Å²) in [6, 6.07) is 0.163. The van der Waals surface area contributed by atoms with Gasteiger partial charge in [-0.05, 0) is 25.2 Å². The molecule has 2 bridgehead atoms. The molecule has 3 rings (SSSR count). The van der Waals surface area contributed by atoms with Crippen LogP contribution < -0.4 is 5.73 Å². The van der Waals surface area contributed by atoms with E-state index in [-0.39, 0.29) is 6.04 Å². The molecule has 0 aromatic heterocycles. The van der Waals surface area contributed by atoms with Crippen LogP contribution in [0, 0.1) is 11.3 Å². The molecule has 3 saturated carbocycles. The molecule has 3 N–H and O–H groups in total. The van der Waals surface area contributed by atoms with Crippen molar-refractivity contribution in [3.8, 4) is 0 Å². The number of nitrogens with two attached hydrogens (primary N) is 1. The Balaban J connectivity index is 2.18. The van der Waals surface area contributed by atoms with Crippen LogP contribution in [0.2, 0.25) is 0 Å². The Bertz CT molecular complexity index is 184. The zero-order valence-corrected chi connectivity index (χ0v) is 5.71. The van der Waals surface area contributed by atoms with Crippen molar-refractivity contribution in [3.63, 3.8) is 0 Å². The molecule has 0 radical (unpaired) electrons. The normalized spacial score (nSPS) is 50.5. The third-order valence-corrected chi connectivity index (χ3v) is 2.99. The smallest absolute Gasteiger partial charge is 0.309 e. The van der Waals surface area contributed by atoms with Gasteiger partial charge in [0.15, 0.2) is 0 Å². The Morgan fingerprint density at radius 1 is 1.50 bits per heavy atom. The third kappa shape index (κ3) is 0.515. The molecule has 0 aliphatic heterocycles. The van der Waals surface area contributed by atoms with Crippen molar-refractivity contribution in [3.05, 3.63) is 0 Å². The van der Waals surface area contributed by atoms with E-state index in [1.807, 2.05) is 0 Å². The lowest BCUT2D eigenvalue weighted by atomic mass is 9.70. The molecule has 1 unspecified atom stereocenters. The van der Waals surface area contributed by atoms with E-state index in [0.717, 1.165) is 12.8 Å². The van der Waals surface area contributed by atoms with Crippen LogP contribution in [0.25, 0.3) is 0 Å². The predicted molar refractivity (Wildman–Crippen MR) is 35.4 cm³/mol. The highest BCUT2D eigenvalue weighted by Crippen LogP contribution is 2.58. The maximum atomic E-state index is 10.7. The highest BCUT2D eigenvalue weighted by atomic mass is 16.4. The first kappa shape index (κ1) is 6.16. The Hall–Kier alpha value is -0.570. The second-order valence-electron chi connectivity index (χ2n) is 3.62. The van der Waals surface area contributed by atoms with E-state index in [2.05, 4.69) is 0 Å². The molecule has 0 aromatic rings. The van der Waals surface area contributed by atoms with Crippen molar-refractivity contribution in [1.82, 2.24) is 0 Å². The van der Waals surface area contributed by atoms with E-state index in [1.54, 1.807) is 0 Å². The van der Waals surface area contributed by atoms with Crippen LogP contribution in [0.4, 0.5) is 0 Å². The minimum atomic E-state index is -0.642. The Morgan fingerprint density at radius 3 is 2.30 bits per heavy atom. The monoisotopic (exact) mass is 141 g/mol. The molecule has 0 spiro atoms. The van der Waals surface area contributed by atoms with Gasteiger partial charge in [-0.15, -0.1) is 0 Å². The van der Waals surface area contributed by atoms with Gasteiger partial charge in [-0.25, -0.2) is 0 Å². The van der Waals surface area contributed by atoms with Crippen molar-refractivity contribution in [1.29, 1.82) is 0 Å².